The van der Waals surface area contributed by atoms with Crippen molar-refractivity contribution in [1.82, 2.24) is 4.90 Å². The molecule has 1 amide bonds. The molecule has 0 spiro atoms. The van der Waals surface area contributed by atoms with E-state index in [1.165, 1.54) is 4.90 Å². The first-order valence-electron chi connectivity index (χ1n) is 9.81. The number of nitrogens with one attached hydrogen (secondary N) is 1. The van der Waals surface area contributed by atoms with E-state index in [1.807, 2.05) is 23.1 Å². The molecule has 0 aromatic heterocycles. The predicted octanol–water partition coefficient (Wildman–Crippen LogP) is -0.725. The second kappa shape index (κ2) is 7.31. The van der Waals surface area contributed by atoms with Crippen LogP contribution in [-0.2, 0) is 14.6 Å². The van der Waals surface area contributed by atoms with Crippen molar-refractivity contribution in [3.05, 3.63) is 24.3 Å². The van der Waals surface area contributed by atoms with Gasteiger partial charge in [0.05, 0.1) is 43.4 Å². The molecule has 0 bridgehead atoms. The Labute approximate surface area is 160 Å². The van der Waals surface area contributed by atoms with Crippen molar-refractivity contribution in [3.63, 3.8) is 0 Å². The summed E-state index contributed by atoms with van der Waals surface area (Å²) in [6.45, 7) is 3.69. The number of anilines is 1. The van der Waals surface area contributed by atoms with Crippen LogP contribution in [0.4, 0.5) is 5.69 Å². The average molecular weight is 395 g/mol. The SMILES string of the molecule is O=C(C[NH+]1CCN(c2ccccc2O)CC1)N(C1CC1)[C@@H]1CCS(=O)(=O)C1. The van der Waals surface area contributed by atoms with Crippen LogP contribution in [0.3, 0.4) is 0 Å². The lowest BCUT2D eigenvalue weighted by molar-refractivity contribution is -0.892. The van der Waals surface area contributed by atoms with Crippen LogP contribution in [0.25, 0.3) is 0 Å². The number of nitrogens with zero attached hydrogens (tertiary/aromatic N) is 2. The molecule has 2 heterocycles. The fourth-order valence-electron chi connectivity index (χ4n) is 4.33. The van der Waals surface area contributed by atoms with Crippen LogP contribution >= 0.6 is 0 Å². The molecule has 1 aromatic rings. The number of quaternary nitrogens is 1. The lowest BCUT2D eigenvalue weighted by Gasteiger charge is -2.35. The molecule has 1 aliphatic carbocycles. The Morgan fingerprint density at radius 1 is 1.15 bits per heavy atom. The van der Waals surface area contributed by atoms with Gasteiger partial charge in [0, 0.05) is 12.1 Å². The fraction of sp³-hybridized carbons (Fsp3) is 0.632. The van der Waals surface area contributed by atoms with Crippen LogP contribution in [0.1, 0.15) is 19.3 Å². The van der Waals surface area contributed by atoms with E-state index in [1.54, 1.807) is 6.07 Å². The molecule has 1 saturated carbocycles. The van der Waals surface area contributed by atoms with E-state index in [2.05, 4.69) is 4.90 Å². The van der Waals surface area contributed by atoms with Crippen LogP contribution in [0.5, 0.6) is 5.75 Å². The molecule has 4 rings (SSSR count). The van der Waals surface area contributed by atoms with Crippen LogP contribution in [0.15, 0.2) is 24.3 Å². The molecule has 2 saturated heterocycles. The number of amides is 1. The molecule has 2 aliphatic heterocycles. The molecule has 27 heavy (non-hydrogen) atoms. The van der Waals surface area contributed by atoms with Gasteiger partial charge in [0.15, 0.2) is 16.4 Å². The number of carbonyl (C=O) groups excluding carboxylic acids is 1. The highest BCUT2D eigenvalue weighted by atomic mass is 32.2. The fourth-order valence-corrected chi connectivity index (χ4v) is 6.04. The average Bonchev–Trinajstić information content (AvgIpc) is 3.39. The summed E-state index contributed by atoms with van der Waals surface area (Å²) in [6.07, 6.45) is 2.58. The molecule has 3 fully saturated rings. The lowest BCUT2D eigenvalue weighted by atomic mass is 10.2. The van der Waals surface area contributed by atoms with Crippen LogP contribution in [-0.4, -0.2) is 80.6 Å². The van der Waals surface area contributed by atoms with Crippen molar-refractivity contribution in [2.75, 3.05) is 49.1 Å². The first-order valence-corrected chi connectivity index (χ1v) is 11.6. The first-order chi connectivity index (χ1) is 12.9. The van der Waals surface area contributed by atoms with Gasteiger partial charge in [0.25, 0.3) is 5.91 Å². The van der Waals surface area contributed by atoms with Gasteiger partial charge in [-0.3, -0.25) is 4.79 Å². The number of sulfone groups is 1. The normalized spacial score (nSPS) is 25.5. The largest absolute Gasteiger partial charge is 0.506 e. The molecule has 2 N–H and O–H groups in total. The monoisotopic (exact) mass is 394 g/mol. The van der Waals surface area contributed by atoms with Gasteiger partial charge < -0.3 is 19.8 Å². The number of hydrogen-bond donors (Lipinski definition) is 2. The summed E-state index contributed by atoms with van der Waals surface area (Å²) in [5.74, 6) is 0.733. The van der Waals surface area contributed by atoms with E-state index in [-0.39, 0.29) is 29.5 Å². The van der Waals surface area contributed by atoms with Gasteiger partial charge in [-0.15, -0.1) is 0 Å². The third-order valence-corrected chi connectivity index (χ3v) is 7.67. The molecular weight excluding hydrogens is 366 g/mol. The van der Waals surface area contributed by atoms with Gasteiger partial charge in [-0.2, -0.15) is 0 Å². The molecule has 1 atom stereocenters. The smallest absolute Gasteiger partial charge is 0.278 e. The number of rotatable bonds is 5. The van der Waals surface area contributed by atoms with Gasteiger partial charge in [-0.05, 0) is 31.4 Å². The van der Waals surface area contributed by atoms with Crippen molar-refractivity contribution in [3.8, 4) is 5.75 Å². The van der Waals surface area contributed by atoms with Crippen molar-refractivity contribution >= 4 is 21.4 Å². The molecular formula is C19H28N3O4S+. The Balaban J connectivity index is 1.34. The van der Waals surface area contributed by atoms with Crippen LogP contribution in [0, 0.1) is 0 Å². The molecule has 7 nitrogen and oxygen atoms in total. The molecule has 148 valence electrons. The third kappa shape index (κ3) is 4.21. The topological polar surface area (TPSA) is 82.4 Å². The highest BCUT2D eigenvalue weighted by molar-refractivity contribution is 7.91. The zero-order chi connectivity index (χ0) is 19.0. The van der Waals surface area contributed by atoms with E-state index in [0.717, 1.165) is 44.7 Å². The van der Waals surface area contributed by atoms with Crippen LogP contribution in [0.2, 0.25) is 0 Å². The number of para-hydroxylation sites is 2. The van der Waals surface area contributed by atoms with Crippen molar-refractivity contribution in [2.24, 2.45) is 0 Å². The minimum Gasteiger partial charge on any atom is -0.506 e. The van der Waals surface area contributed by atoms with E-state index in [0.29, 0.717) is 18.7 Å². The number of piperazine rings is 1. The Kier molecular flexibility index (Phi) is 5.03. The highest BCUT2D eigenvalue weighted by Gasteiger charge is 2.43. The summed E-state index contributed by atoms with van der Waals surface area (Å²) >= 11 is 0. The van der Waals surface area contributed by atoms with E-state index < -0.39 is 9.84 Å². The van der Waals surface area contributed by atoms with Gasteiger partial charge in [-0.1, -0.05) is 12.1 Å². The maximum Gasteiger partial charge on any atom is 0.278 e. The van der Waals surface area contributed by atoms with Gasteiger partial charge >= 0.3 is 0 Å². The second-order valence-corrected chi connectivity index (χ2v) is 10.2. The molecule has 3 aliphatic rings. The van der Waals surface area contributed by atoms with Crippen molar-refractivity contribution in [2.45, 2.75) is 31.3 Å². The first kappa shape index (κ1) is 18.6. The second-order valence-electron chi connectivity index (χ2n) is 7.99. The van der Waals surface area contributed by atoms with Crippen molar-refractivity contribution in [1.29, 1.82) is 0 Å². The maximum atomic E-state index is 13.0. The molecule has 0 radical (unpaired) electrons. The van der Waals surface area contributed by atoms with E-state index in [4.69, 9.17) is 0 Å². The molecule has 8 heteroatoms. The summed E-state index contributed by atoms with van der Waals surface area (Å²) in [7, 11) is -2.99. The standard InChI is InChI=1S/C19H27N3O4S/c23-18-4-2-1-3-17(18)21-10-8-20(9-11-21)13-19(24)22(15-5-6-15)16-7-12-27(25,26)14-16/h1-4,15-16,23H,5-14H2/p+1/t16-/m1/s1. The Morgan fingerprint density at radius 3 is 2.44 bits per heavy atom. The molecule has 1 aromatic carbocycles. The summed E-state index contributed by atoms with van der Waals surface area (Å²) in [5.41, 5.74) is 0.846. The maximum absolute atomic E-state index is 13.0. The van der Waals surface area contributed by atoms with Crippen molar-refractivity contribution < 1.29 is 23.2 Å². The quantitative estimate of drug-likeness (QED) is 0.689. The minimum absolute atomic E-state index is 0.102. The van der Waals surface area contributed by atoms with Gasteiger partial charge in [0.1, 0.15) is 5.75 Å². The zero-order valence-electron chi connectivity index (χ0n) is 15.5. The van der Waals surface area contributed by atoms with E-state index >= 15 is 0 Å². The number of aromatic hydroxyl groups is 1. The Bertz CT molecular complexity index is 801. The molecule has 0 unspecified atom stereocenters. The summed E-state index contributed by atoms with van der Waals surface area (Å²) in [5, 5.41) is 10.0. The number of phenolic OH excluding ortho intramolecular Hbond substituents is 1. The third-order valence-electron chi connectivity index (χ3n) is 5.92. The number of phenols is 1. The van der Waals surface area contributed by atoms with Crippen LogP contribution < -0.4 is 9.80 Å². The van der Waals surface area contributed by atoms with E-state index in [9.17, 15) is 18.3 Å². The Morgan fingerprint density at radius 2 is 1.85 bits per heavy atom. The Hall–Kier alpha value is -1.80. The number of hydrogen-bond acceptors (Lipinski definition) is 5. The summed E-state index contributed by atoms with van der Waals surface area (Å²) < 4.78 is 23.7. The number of benzene rings is 1. The predicted molar refractivity (Wildman–Crippen MR) is 103 cm³/mol. The zero-order valence-corrected chi connectivity index (χ0v) is 16.3. The minimum atomic E-state index is -2.99. The van der Waals surface area contributed by atoms with Gasteiger partial charge in [-0.25, -0.2) is 8.42 Å². The van der Waals surface area contributed by atoms with Gasteiger partial charge in [0.2, 0.25) is 0 Å². The highest BCUT2D eigenvalue weighted by Crippen LogP contribution is 2.32. The summed E-state index contributed by atoms with van der Waals surface area (Å²) in [6, 6.07) is 7.47. The lowest BCUT2D eigenvalue weighted by Crippen LogP contribution is -3.16. The summed E-state index contributed by atoms with van der Waals surface area (Å²) in [4.78, 5) is 18.2. The number of carbonyl (C=O) groups is 1.